The molecule has 1 heterocycles. The summed E-state index contributed by atoms with van der Waals surface area (Å²) in [5.74, 6) is 0.750. The van der Waals surface area contributed by atoms with Crippen LogP contribution in [0.1, 0.15) is 32.6 Å². The molecule has 0 radical (unpaired) electrons. The smallest absolute Gasteiger partial charge is 0.264 e. The third-order valence-electron chi connectivity index (χ3n) is 3.88. The van der Waals surface area contributed by atoms with Crippen LogP contribution in [0.5, 0.6) is 0 Å². The van der Waals surface area contributed by atoms with Crippen LogP contribution in [-0.2, 0) is 6.54 Å². The molecule has 2 unspecified atom stereocenters. The van der Waals surface area contributed by atoms with Crippen molar-refractivity contribution < 1.29 is 0 Å². The lowest BCUT2D eigenvalue weighted by Gasteiger charge is -2.29. The van der Waals surface area contributed by atoms with Crippen molar-refractivity contribution in [1.29, 1.82) is 0 Å². The Kier molecular flexibility index (Phi) is 5.66. The highest BCUT2D eigenvalue weighted by Crippen LogP contribution is 2.23. The van der Waals surface area contributed by atoms with Gasteiger partial charge in [0.25, 0.3) is 5.56 Å². The van der Waals surface area contributed by atoms with E-state index < -0.39 is 0 Å². The van der Waals surface area contributed by atoms with Gasteiger partial charge in [0.15, 0.2) is 0 Å². The van der Waals surface area contributed by atoms with Gasteiger partial charge < -0.3 is 9.88 Å². The van der Waals surface area contributed by atoms with Gasteiger partial charge in [-0.15, -0.1) is 0 Å². The number of nitrogens with one attached hydrogen (secondary N) is 1. The first-order chi connectivity index (χ1) is 9.08. The van der Waals surface area contributed by atoms with Crippen molar-refractivity contribution in [3.63, 3.8) is 0 Å². The predicted octanol–water partition coefficient (Wildman–Crippen LogP) is 3.54. The highest BCUT2D eigenvalue weighted by Gasteiger charge is 2.20. The average molecular weight is 392 g/mol. The molecule has 2 rings (SSSR count). The van der Waals surface area contributed by atoms with Crippen LogP contribution in [-0.4, -0.2) is 17.2 Å². The van der Waals surface area contributed by atoms with E-state index in [1.165, 1.54) is 25.7 Å². The van der Waals surface area contributed by atoms with E-state index in [-0.39, 0.29) is 5.56 Å². The standard InChI is InChI=1S/C14H20Br2N2O/c1-10-4-2-3-5-13(10)17-6-7-18-9-11(15)8-12(16)14(18)19/h8-10,13,17H,2-7H2,1H3. The summed E-state index contributed by atoms with van der Waals surface area (Å²) in [5.41, 5.74) is 0.0293. The minimum absolute atomic E-state index is 0.0293. The number of rotatable bonds is 4. The first kappa shape index (κ1) is 15.3. The zero-order valence-corrected chi connectivity index (χ0v) is 14.3. The fourth-order valence-electron chi connectivity index (χ4n) is 2.72. The van der Waals surface area contributed by atoms with Gasteiger partial charge in [-0.25, -0.2) is 0 Å². The second-order valence-electron chi connectivity index (χ2n) is 5.33. The average Bonchev–Trinajstić information content (AvgIpc) is 2.37. The molecule has 0 saturated heterocycles. The maximum atomic E-state index is 11.9. The molecule has 19 heavy (non-hydrogen) atoms. The van der Waals surface area contributed by atoms with Crippen molar-refractivity contribution in [3.8, 4) is 0 Å². The van der Waals surface area contributed by atoms with Crippen LogP contribution >= 0.6 is 31.9 Å². The SMILES string of the molecule is CC1CCCCC1NCCn1cc(Br)cc(Br)c1=O. The molecule has 0 bridgehead atoms. The molecule has 0 amide bonds. The van der Waals surface area contributed by atoms with E-state index >= 15 is 0 Å². The summed E-state index contributed by atoms with van der Waals surface area (Å²) < 4.78 is 3.27. The van der Waals surface area contributed by atoms with Gasteiger partial charge in [-0.3, -0.25) is 4.79 Å². The minimum Gasteiger partial charge on any atom is -0.312 e. The fourth-order valence-corrected chi connectivity index (χ4v) is 3.98. The van der Waals surface area contributed by atoms with Gasteiger partial charge in [-0.1, -0.05) is 19.8 Å². The molecule has 0 spiro atoms. The molecular weight excluding hydrogens is 372 g/mol. The van der Waals surface area contributed by atoms with Crippen molar-refractivity contribution in [2.45, 2.75) is 45.2 Å². The molecule has 5 heteroatoms. The Morgan fingerprint density at radius 3 is 2.84 bits per heavy atom. The van der Waals surface area contributed by atoms with Gasteiger partial charge in [0, 0.05) is 29.8 Å². The number of pyridine rings is 1. The molecule has 106 valence electrons. The van der Waals surface area contributed by atoms with Crippen LogP contribution < -0.4 is 10.9 Å². The molecule has 1 N–H and O–H groups in total. The fraction of sp³-hybridized carbons (Fsp3) is 0.643. The summed E-state index contributed by atoms with van der Waals surface area (Å²) in [6, 6.07) is 2.40. The molecule has 1 aromatic heterocycles. The number of aromatic nitrogens is 1. The highest BCUT2D eigenvalue weighted by atomic mass is 79.9. The topological polar surface area (TPSA) is 34.0 Å². The molecule has 1 aliphatic rings. The van der Waals surface area contributed by atoms with E-state index in [2.05, 4.69) is 44.1 Å². The Morgan fingerprint density at radius 1 is 1.37 bits per heavy atom. The maximum absolute atomic E-state index is 11.9. The molecule has 1 aromatic rings. The molecular formula is C14H20Br2N2O. The lowest BCUT2D eigenvalue weighted by molar-refractivity contribution is 0.278. The Hall–Kier alpha value is -0.130. The summed E-state index contributed by atoms with van der Waals surface area (Å²) in [7, 11) is 0. The first-order valence-corrected chi connectivity index (χ1v) is 8.45. The Morgan fingerprint density at radius 2 is 2.11 bits per heavy atom. The van der Waals surface area contributed by atoms with E-state index in [1.807, 2.05) is 6.20 Å². The van der Waals surface area contributed by atoms with Gasteiger partial charge in [0.05, 0.1) is 4.47 Å². The van der Waals surface area contributed by atoms with Gasteiger partial charge >= 0.3 is 0 Å². The van der Waals surface area contributed by atoms with E-state index in [1.54, 1.807) is 10.6 Å². The number of halogens is 2. The summed E-state index contributed by atoms with van der Waals surface area (Å²) in [5, 5.41) is 3.60. The van der Waals surface area contributed by atoms with E-state index in [4.69, 9.17) is 0 Å². The number of hydrogen-bond acceptors (Lipinski definition) is 2. The Bertz CT molecular complexity index is 487. The van der Waals surface area contributed by atoms with Crippen LogP contribution in [0.2, 0.25) is 0 Å². The monoisotopic (exact) mass is 390 g/mol. The van der Waals surface area contributed by atoms with Crippen molar-refractivity contribution in [1.82, 2.24) is 9.88 Å². The highest BCUT2D eigenvalue weighted by molar-refractivity contribution is 9.11. The zero-order chi connectivity index (χ0) is 13.8. The van der Waals surface area contributed by atoms with Crippen molar-refractivity contribution in [3.05, 3.63) is 31.6 Å². The summed E-state index contributed by atoms with van der Waals surface area (Å²) in [6.07, 6.45) is 7.11. The third kappa shape index (κ3) is 4.17. The van der Waals surface area contributed by atoms with Crippen molar-refractivity contribution in [2.75, 3.05) is 6.54 Å². The lowest BCUT2D eigenvalue weighted by Crippen LogP contribution is -2.39. The van der Waals surface area contributed by atoms with Gasteiger partial charge in [-0.05, 0) is 56.7 Å². The maximum Gasteiger partial charge on any atom is 0.264 e. The van der Waals surface area contributed by atoms with Crippen molar-refractivity contribution in [2.24, 2.45) is 5.92 Å². The van der Waals surface area contributed by atoms with Crippen LogP contribution in [0.25, 0.3) is 0 Å². The molecule has 1 saturated carbocycles. The molecule has 2 atom stereocenters. The Labute approximate surface area is 131 Å². The molecule has 0 aromatic carbocycles. The minimum atomic E-state index is 0.0293. The van der Waals surface area contributed by atoms with Crippen LogP contribution in [0.15, 0.2) is 26.0 Å². The molecule has 1 fully saturated rings. The first-order valence-electron chi connectivity index (χ1n) is 6.87. The zero-order valence-electron chi connectivity index (χ0n) is 11.2. The second-order valence-corrected chi connectivity index (χ2v) is 7.10. The van der Waals surface area contributed by atoms with Crippen LogP contribution in [0.3, 0.4) is 0 Å². The van der Waals surface area contributed by atoms with E-state index in [0.29, 0.717) is 17.1 Å². The van der Waals surface area contributed by atoms with Crippen LogP contribution in [0.4, 0.5) is 0 Å². The number of nitrogens with zero attached hydrogens (tertiary/aromatic N) is 1. The number of hydrogen-bond donors (Lipinski definition) is 1. The summed E-state index contributed by atoms with van der Waals surface area (Å²) >= 11 is 6.71. The van der Waals surface area contributed by atoms with Gasteiger partial charge in [0.2, 0.25) is 0 Å². The van der Waals surface area contributed by atoms with E-state index in [9.17, 15) is 4.79 Å². The predicted molar refractivity (Wildman–Crippen MR) is 85.5 cm³/mol. The lowest BCUT2D eigenvalue weighted by atomic mass is 9.86. The quantitative estimate of drug-likeness (QED) is 0.851. The second kappa shape index (κ2) is 7.04. The van der Waals surface area contributed by atoms with Crippen LogP contribution in [0, 0.1) is 5.92 Å². The van der Waals surface area contributed by atoms with Crippen molar-refractivity contribution >= 4 is 31.9 Å². The molecule has 1 aliphatic carbocycles. The Balaban J connectivity index is 1.90. The summed E-state index contributed by atoms with van der Waals surface area (Å²) in [4.78, 5) is 11.9. The third-order valence-corrected chi connectivity index (χ3v) is 4.88. The van der Waals surface area contributed by atoms with E-state index in [0.717, 1.165) is 16.9 Å². The normalized spacial score (nSPS) is 23.5. The van der Waals surface area contributed by atoms with Gasteiger partial charge in [-0.2, -0.15) is 0 Å². The van der Waals surface area contributed by atoms with Gasteiger partial charge in [0.1, 0.15) is 0 Å². The largest absolute Gasteiger partial charge is 0.312 e. The molecule has 3 nitrogen and oxygen atoms in total. The molecule has 0 aliphatic heterocycles. The summed E-state index contributed by atoms with van der Waals surface area (Å²) in [6.45, 7) is 3.87.